The number of nitrogens with zero attached hydrogens (tertiary/aromatic N) is 2. The molecule has 0 radical (unpaired) electrons. The summed E-state index contributed by atoms with van der Waals surface area (Å²) in [5.74, 6) is -2.72. The summed E-state index contributed by atoms with van der Waals surface area (Å²) in [6, 6.07) is 4.35. The van der Waals surface area contributed by atoms with E-state index in [2.05, 4.69) is 0 Å². The van der Waals surface area contributed by atoms with E-state index in [1.807, 2.05) is 0 Å². The van der Waals surface area contributed by atoms with E-state index < -0.39 is 27.9 Å². The Kier molecular flexibility index (Phi) is 4.43. The van der Waals surface area contributed by atoms with Crippen molar-refractivity contribution in [2.24, 2.45) is 0 Å². The van der Waals surface area contributed by atoms with Crippen LogP contribution in [-0.4, -0.2) is 55.9 Å². The summed E-state index contributed by atoms with van der Waals surface area (Å²) in [6.45, 7) is -1.29. The predicted octanol–water partition coefficient (Wildman–Crippen LogP) is 1.22. The lowest BCUT2D eigenvalue weighted by atomic mass is 10.3. The number of carbonyl (C=O) groups is 1. The van der Waals surface area contributed by atoms with Gasteiger partial charge in [-0.05, 0) is 18.2 Å². The Morgan fingerprint density at radius 1 is 1.09 bits per heavy atom. The van der Waals surface area contributed by atoms with Gasteiger partial charge in [-0.2, -0.15) is 17.5 Å². The van der Waals surface area contributed by atoms with Crippen molar-refractivity contribution in [3.05, 3.63) is 30.1 Å². The zero-order valence-corrected chi connectivity index (χ0v) is 12.0. The molecule has 0 unspecified atom stereocenters. The van der Waals surface area contributed by atoms with Gasteiger partial charge in [-0.25, -0.2) is 12.8 Å². The quantitative estimate of drug-likeness (QED) is 0.761. The van der Waals surface area contributed by atoms with E-state index in [1.54, 1.807) is 0 Å². The van der Waals surface area contributed by atoms with Crippen LogP contribution in [0.4, 0.5) is 17.6 Å². The van der Waals surface area contributed by atoms with Crippen molar-refractivity contribution >= 4 is 15.9 Å². The summed E-state index contributed by atoms with van der Waals surface area (Å²) in [4.78, 5) is 11.4. The van der Waals surface area contributed by atoms with Crippen LogP contribution in [0.1, 0.15) is 0 Å². The standard InChI is InChI=1S/C12H12F4N2O3S/c13-9-2-1-3-10(8-9)22(20,21)18-6-4-17(5-7-18)11(19)12(14,15)16/h1-3,8H,4-7H2. The van der Waals surface area contributed by atoms with Gasteiger partial charge in [-0.15, -0.1) is 0 Å². The molecule has 1 aromatic rings. The van der Waals surface area contributed by atoms with Gasteiger partial charge in [-0.3, -0.25) is 4.79 Å². The van der Waals surface area contributed by atoms with Crippen molar-refractivity contribution in [2.75, 3.05) is 26.2 Å². The largest absolute Gasteiger partial charge is 0.471 e. The van der Waals surface area contributed by atoms with Crippen molar-refractivity contribution < 1.29 is 30.8 Å². The monoisotopic (exact) mass is 340 g/mol. The average Bonchev–Trinajstić information content (AvgIpc) is 2.45. The molecule has 1 aliphatic rings. The van der Waals surface area contributed by atoms with Crippen molar-refractivity contribution in [1.29, 1.82) is 0 Å². The van der Waals surface area contributed by atoms with Crippen LogP contribution in [0, 0.1) is 5.82 Å². The molecule has 22 heavy (non-hydrogen) atoms. The molecule has 1 saturated heterocycles. The minimum absolute atomic E-state index is 0.275. The van der Waals surface area contributed by atoms with E-state index in [4.69, 9.17) is 0 Å². The van der Waals surface area contributed by atoms with Crippen LogP contribution in [-0.2, 0) is 14.8 Å². The summed E-state index contributed by atoms with van der Waals surface area (Å²) < 4.78 is 75.5. The molecular formula is C12H12F4N2O3S. The lowest BCUT2D eigenvalue weighted by Crippen LogP contribution is -2.53. The Morgan fingerprint density at radius 3 is 2.18 bits per heavy atom. The van der Waals surface area contributed by atoms with Gasteiger partial charge in [0.15, 0.2) is 0 Å². The van der Waals surface area contributed by atoms with Crippen LogP contribution < -0.4 is 0 Å². The molecule has 0 spiro atoms. The summed E-state index contributed by atoms with van der Waals surface area (Å²) in [5, 5.41) is 0. The highest BCUT2D eigenvalue weighted by molar-refractivity contribution is 7.89. The first-order valence-corrected chi connectivity index (χ1v) is 7.68. The molecule has 1 aromatic carbocycles. The minimum Gasteiger partial charge on any atom is -0.332 e. The number of carbonyl (C=O) groups excluding carboxylic acids is 1. The maximum Gasteiger partial charge on any atom is 0.471 e. The van der Waals surface area contributed by atoms with Gasteiger partial charge in [0.05, 0.1) is 4.90 Å². The maximum absolute atomic E-state index is 13.1. The fourth-order valence-electron chi connectivity index (χ4n) is 2.09. The molecule has 1 fully saturated rings. The molecular weight excluding hydrogens is 328 g/mol. The first-order valence-electron chi connectivity index (χ1n) is 6.24. The highest BCUT2D eigenvalue weighted by Crippen LogP contribution is 2.22. The third kappa shape index (κ3) is 3.38. The van der Waals surface area contributed by atoms with Gasteiger partial charge in [0.25, 0.3) is 0 Å². The SMILES string of the molecule is O=C(N1CCN(S(=O)(=O)c2cccc(F)c2)CC1)C(F)(F)F. The molecule has 1 aliphatic heterocycles. The Bertz CT molecular complexity index is 667. The molecule has 10 heteroatoms. The topological polar surface area (TPSA) is 57.7 Å². The second-order valence-electron chi connectivity index (χ2n) is 4.65. The molecule has 0 bridgehead atoms. The van der Waals surface area contributed by atoms with Gasteiger partial charge in [0, 0.05) is 26.2 Å². The number of rotatable bonds is 2. The molecule has 0 saturated carbocycles. The van der Waals surface area contributed by atoms with Crippen molar-refractivity contribution in [3.63, 3.8) is 0 Å². The molecule has 2 rings (SSSR count). The zero-order valence-electron chi connectivity index (χ0n) is 11.2. The van der Waals surface area contributed by atoms with Crippen LogP contribution in [0.5, 0.6) is 0 Å². The fraction of sp³-hybridized carbons (Fsp3) is 0.417. The zero-order chi connectivity index (χ0) is 16.5. The van der Waals surface area contributed by atoms with E-state index in [0.717, 1.165) is 16.4 Å². The Labute approximate surface area is 124 Å². The minimum atomic E-state index is -4.98. The fourth-order valence-corrected chi connectivity index (χ4v) is 3.54. The number of benzene rings is 1. The van der Waals surface area contributed by atoms with E-state index >= 15 is 0 Å². The second kappa shape index (κ2) is 5.84. The number of hydrogen-bond donors (Lipinski definition) is 0. The second-order valence-corrected chi connectivity index (χ2v) is 6.59. The van der Waals surface area contributed by atoms with Gasteiger partial charge in [-0.1, -0.05) is 6.07 Å². The summed E-state index contributed by atoms with van der Waals surface area (Å²) in [5.41, 5.74) is 0. The molecule has 0 aliphatic carbocycles. The van der Waals surface area contributed by atoms with Crippen LogP contribution in [0.15, 0.2) is 29.2 Å². The van der Waals surface area contributed by atoms with Crippen molar-refractivity contribution in [2.45, 2.75) is 11.1 Å². The number of piperazine rings is 1. The van der Waals surface area contributed by atoms with Gasteiger partial charge < -0.3 is 4.90 Å². The summed E-state index contributed by atoms with van der Waals surface area (Å²) in [7, 11) is -4.00. The molecule has 1 amide bonds. The number of alkyl halides is 3. The highest BCUT2D eigenvalue weighted by atomic mass is 32.2. The first-order chi connectivity index (χ1) is 10.1. The van der Waals surface area contributed by atoms with Crippen LogP contribution >= 0.6 is 0 Å². The molecule has 122 valence electrons. The highest BCUT2D eigenvalue weighted by Gasteiger charge is 2.44. The van der Waals surface area contributed by atoms with E-state index in [1.165, 1.54) is 12.1 Å². The normalized spacial score (nSPS) is 17.5. The number of amides is 1. The Morgan fingerprint density at radius 2 is 1.68 bits per heavy atom. The first kappa shape index (κ1) is 16.7. The number of hydrogen-bond acceptors (Lipinski definition) is 3. The van der Waals surface area contributed by atoms with Crippen molar-refractivity contribution in [1.82, 2.24) is 9.21 Å². The van der Waals surface area contributed by atoms with Crippen molar-refractivity contribution in [3.8, 4) is 0 Å². The third-order valence-electron chi connectivity index (χ3n) is 3.20. The molecule has 5 nitrogen and oxygen atoms in total. The predicted molar refractivity (Wildman–Crippen MR) is 67.8 cm³/mol. The summed E-state index contributed by atoms with van der Waals surface area (Å²) >= 11 is 0. The van der Waals surface area contributed by atoms with E-state index in [9.17, 15) is 30.8 Å². The smallest absolute Gasteiger partial charge is 0.332 e. The molecule has 0 atom stereocenters. The van der Waals surface area contributed by atoms with E-state index in [-0.39, 0.29) is 31.1 Å². The molecule has 0 aromatic heterocycles. The van der Waals surface area contributed by atoms with Crippen LogP contribution in [0.2, 0.25) is 0 Å². The van der Waals surface area contributed by atoms with Crippen LogP contribution in [0.3, 0.4) is 0 Å². The Hall–Kier alpha value is -1.68. The maximum atomic E-state index is 13.1. The van der Waals surface area contributed by atoms with Gasteiger partial charge >= 0.3 is 12.1 Å². The average molecular weight is 340 g/mol. The molecule has 1 heterocycles. The summed E-state index contributed by atoms with van der Waals surface area (Å²) in [6.07, 6.45) is -4.98. The third-order valence-corrected chi connectivity index (χ3v) is 5.10. The van der Waals surface area contributed by atoms with E-state index in [0.29, 0.717) is 4.90 Å². The van der Waals surface area contributed by atoms with Crippen LogP contribution in [0.25, 0.3) is 0 Å². The number of halogens is 4. The lowest BCUT2D eigenvalue weighted by molar-refractivity contribution is -0.186. The Balaban J connectivity index is 2.10. The molecule has 0 N–H and O–H groups in total. The van der Waals surface area contributed by atoms with Gasteiger partial charge in [0.2, 0.25) is 10.0 Å². The van der Waals surface area contributed by atoms with Gasteiger partial charge in [0.1, 0.15) is 5.82 Å². The lowest BCUT2D eigenvalue weighted by Gasteiger charge is -2.34. The number of sulfonamides is 1.